The molecule has 0 aliphatic rings. The molecule has 3 nitrogen and oxygen atoms in total. The first-order valence-electron chi connectivity index (χ1n) is 6.26. The van der Waals surface area contributed by atoms with Crippen LogP contribution in [0.2, 0.25) is 0 Å². The second-order valence-electron chi connectivity index (χ2n) is 4.33. The van der Waals surface area contributed by atoms with Gasteiger partial charge >= 0.3 is 0 Å². The van der Waals surface area contributed by atoms with Crippen molar-refractivity contribution in [2.24, 2.45) is 0 Å². The molecule has 0 aliphatic carbocycles. The molecule has 0 radical (unpaired) electrons. The van der Waals surface area contributed by atoms with Gasteiger partial charge < -0.3 is 14.4 Å². The van der Waals surface area contributed by atoms with Crippen LogP contribution in [0.25, 0.3) is 0 Å². The maximum atomic E-state index is 9.82. The summed E-state index contributed by atoms with van der Waals surface area (Å²) in [6, 6.07) is 11.8. The minimum atomic E-state index is -0.466. The van der Waals surface area contributed by atoms with Crippen LogP contribution in [0.4, 0.5) is 5.69 Å². The van der Waals surface area contributed by atoms with E-state index in [1.165, 1.54) is 0 Å². The zero-order valence-electron chi connectivity index (χ0n) is 10.8. The molecule has 0 saturated carbocycles. The first-order valence-corrected chi connectivity index (χ1v) is 6.26. The van der Waals surface area contributed by atoms with E-state index in [2.05, 4.69) is 11.8 Å². The van der Waals surface area contributed by atoms with Gasteiger partial charge in [0, 0.05) is 17.8 Å². The van der Waals surface area contributed by atoms with Gasteiger partial charge in [0.15, 0.2) is 0 Å². The van der Waals surface area contributed by atoms with Gasteiger partial charge in [-0.3, -0.25) is 0 Å². The van der Waals surface area contributed by atoms with E-state index in [9.17, 15) is 5.11 Å². The standard InChI is InChI=1S/C15H19NO2/c1-3-16(11-13-7-6-10-18-13)15-9-5-4-8-14(15)12(2)17/h4-10,12,17H,3,11H2,1-2H3/t12-/m1/s1. The summed E-state index contributed by atoms with van der Waals surface area (Å²) >= 11 is 0. The molecule has 1 heterocycles. The van der Waals surface area contributed by atoms with Crippen molar-refractivity contribution in [2.75, 3.05) is 11.4 Å². The van der Waals surface area contributed by atoms with Crippen LogP contribution in [0, 0.1) is 0 Å². The van der Waals surface area contributed by atoms with Gasteiger partial charge in [0.25, 0.3) is 0 Å². The predicted molar refractivity (Wildman–Crippen MR) is 72.5 cm³/mol. The summed E-state index contributed by atoms with van der Waals surface area (Å²) in [4.78, 5) is 2.20. The van der Waals surface area contributed by atoms with Crippen LogP contribution >= 0.6 is 0 Å². The van der Waals surface area contributed by atoms with Crippen LogP contribution in [0.5, 0.6) is 0 Å². The zero-order chi connectivity index (χ0) is 13.0. The summed E-state index contributed by atoms with van der Waals surface area (Å²) < 4.78 is 5.38. The molecule has 1 aromatic carbocycles. The Morgan fingerprint density at radius 3 is 2.61 bits per heavy atom. The van der Waals surface area contributed by atoms with Gasteiger partial charge in [0.1, 0.15) is 5.76 Å². The Morgan fingerprint density at radius 2 is 2.00 bits per heavy atom. The maximum Gasteiger partial charge on any atom is 0.123 e. The fraction of sp³-hybridized carbons (Fsp3) is 0.333. The van der Waals surface area contributed by atoms with E-state index in [4.69, 9.17) is 4.42 Å². The van der Waals surface area contributed by atoms with Gasteiger partial charge in [-0.1, -0.05) is 18.2 Å². The number of rotatable bonds is 5. The predicted octanol–water partition coefficient (Wildman–Crippen LogP) is 3.36. The first-order chi connectivity index (χ1) is 8.72. The molecular weight excluding hydrogens is 226 g/mol. The lowest BCUT2D eigenvalue weighted by atomic mass is 10.1. The number of aliphatic hydroxyl groups is 1. The second-order valence-corrected chi connectivity index (χ2v) is 4.33. The summed E-state index contributed by atoms with van der Waals surface area (Å²) in [5, 5.41) is 9.82. The van der Waals surface area contributed by atoms with E-state index in [1.807, 2.05) is 36.4 Å². The molecule has 3 heteroatoms. The van der Waals surface area contributed by atoms with Crippen LogP contribution in [0.3, 0.4) is 0 Å². The lowest BCUT2D eigenvalue weighted by Crippen LogP contribution is -2.23. The Labute approximate surface area is 108 Å². The van der Waals surface area contributed by atoms with Gasteiger partial charge in [-0.15, -0.1) is 0 Å². The van der Waals surface area contributed by atoms with Crippen LogP contribution < -0.4 is 4.90 Å². The molecule has 96 valence electrons. The third kappa shape index (κ3) is 2.74. The smallest absolute Gasteiger partial charge is 0.123 e. The highest BCUT2D eigenvalue weighted by Gasteiger charge is 2.13. The van der Waals surface area contributed by atoms with Crippen LogP contribution in [-0.2, 0) is 6.54 Å². The van der Waals surface area contributed by atoms with Crippen molar-refractivity contribution < 1.29 is 9.52 Å². The summed E-state index contributed by atoms with van der Waals surface area (Å²) in [6.07, 6.45) is 1.22. The molecule has 1 N–H and O–H groups in total. The molecule has 2 aromatic rings. The van der Waals surface area contributed by atoms with Crippen LogP contribution in [0.1, 0.15) is 31.3 Å². The lowest BCUT2D eigenvalue weighted by Gasteiger charge is -2.25. The number of aliphatic hydroxyl groups excluding tert-OH is 1. The first kappa shape index (κ1) is 12.7. The van der Waals surface area contributed by atoms with E-state index in [1.54, 1.807) is 13.2 Å². The van der Waals surface area contributed by atoms with Crippen molar-refractivity contribution in [3.8, 4) is 0 Å². The van der Waals surface area contributed by atoms with Crippen LogP contribution in [0.15, 0.2) is 47.1 Å². The van der Waals surface area contributed by atoms with Gasteiger partial charge in [-0.2, -0.15) is 0 Å². The number of anilines is 1. The van der Waals surface area contributed by atoms with Crippen molar-refractivity contribution in [2.45, 2.75) is 26.5 Å². The average Bonchev–Trinajstić information content (AvgIpc) is 2.88. The van der Waals surface area contributed by atoms with Crippen molar-refractivity contribution in [3.63, 3.8) is 0 Å². The molecule has 0 unspecified atom stereocenters. The molecular formula is C15H19NO2. The Kier molecular flexibility index (Phi) is 4.05. The SMILES string of the molecule is CCN(Cc1ccco1)c1ccccc1[C@@H](C)O. The van der Waals surface area contributed by atoms with Gasteiger partial charge in [0.2, 0.25) is 0 Å². The van der Waals surface area contributed by atoms with E-state index in [-0.39, 0.29) is 0 Å². The molecule has 0 bridgehead atoms. The highest BCUT2D eigenvalue weighted by Crippen LogP contribution is 2.27. The summed E-state index contributed by atoms with van der Waals surface area (Å²) in [5.74, 6) is 0.928. The number of furan rings is 1. The quantitative estimate of drug-likeness (QED) is 0.877. The van der Waals surface area contributed by atoms with E-state index in [0.717, 1.165) is 23.6 Å². The second kappa shape index (κ2) is 5.74. The van der Waals surface area contributed by atoms with Crippen molar-refractivity contribution >= 4 is 5.69 Å². The average molecular weight is 245 g/mol. The van der Waals surface area contributed by atoms with Gasteiger partial charge in [-0.25, -0.2) is 0 Å². The summed E-state index contributed by atoms with van der Waals surface area (Å²) in [7, 11) is 0. The fourth-order valence-corrected chi connectivity index (χ4v) is 2.09. The van der Waals surface area contributed by atoms with Gasteiger partial charge in [-0.05, 0) is 32.0 Å². The molecule has 18 heavy (non-hydrogen) atoms. The molecule has 2 rings (SSSR count). The Morgan fingerprint density at radius 1 is 1.22 bits per heavy atom. The number of hydrogen-bond donors (Lipinski definition) is 1. The minimum absolute atomic E-state index is 0.466. The Balaban J connectivity index is 2.27. The third-order valence-corrected chi connectivity index (χ3v) is 3.04. The Bertz CT molecular complexity index is 477. The molecule has 0 saturated heterocycles. The maximum absolute atomic E-state index is 9.82. The van der Waals surface area contributed by atoms with Crippen molar-refractivity contribution in [3.05, 3.63) is 54.0 Å². The fourth-order valence-electron chi connectivity index (χ4n) is 2.09. The summed E-state index contributed by atoms with van der Waals surface area (Å²) in [5.41, 5.74) is 2.01. The van der Waals surface area contributed by atoms with Crippen molar-refractivity contribution in [1.82, 2.24) is 0 Å². The van der Waals surface area contributed by atoms with E-state index in [0.29, 0.717) is 6.54 Å². The zero-order valence-corrected chi connectivity index (χ0v) is 10.8. The van der Waals surface area contributed by atoms with E-state index >= 15 is 0 Å². The van der Waals surface area contributed by atoms with Crippen molar-refractivity contribution in [1.29, 1.82) is 0 Å². The molecule has 0 amide bonds. The Hall–Kier alpha value is -1.74. The van der Waals surface area contributed by atoms with Gasteiger partial charge in [0.05, 0.1) is 18.9 Å². The largest absolute Gasteiger partial charge is 0.467 e. The number of nitrogens with zero attached hydrogens (tertiary/aromatic N) is 1. The minimum Gasteiger partial charge on any atom is -0.467 e. The molecule has 0 aliphatic heterocycles. The number of hydrogen-bond acceptors (Lipinski definition) is 3. The topological polar surface area (TPSA) is 36.6 Å². The monoisotopic (exact) mass is 245 g/mol. The van der Waals surface area contributed by atoms with E-state index < -0.39 is 6.10 Å². The molecule has 1 atom stereocenters. The molecule has 0 spiro atoms. The highest BCUT2D eigenvalue weighted by atomic mass is 16.3. The summed E-state index contributed by atoms with van der Waals surface area (Å²) in [6.45, 7) is 5.47. The molecule has 0 fully saturated rings. The third-order valence-electron chi connectivity index (χ3n) is 3.04. The highest BCUT2D eigenvalue weighted by molar-refractivity contribution is 5.54. The lowest BCUT2D eigenvalue weighted by molar-refractivity contribution is 0.199. The number of benzene rings is 1. The molecule has 1 aromatic heterocycles. The number of para-hydroxylation sites is 1. The van der Waals surface area contributed by atoms with Crippen LogP contribution in [-0.4, -0.2) is 11.7 Å². The normalized spacial score (nSPS) is 12.4.